The number of nitriles is 1. The maximum atomic E-state index is 9.57. The van der Waals surface area contributed by atoms with Crippen molar-refractivity contribution in [3.63, 3.8) is 0 Å². The Hall–Kier alpha value is -0.590. The molecule has 17 heavy (non-hydrogen) atoms. The van der Waals surface area contributed by atoms with Crippen LogP contribution in [-0.2, 0) is 0 Å². The van der Waals surface area contributed by atoms with Crippen molar-refractivity contribution in [3.8, 4) is 6.07 Å². The van der Waals surface area contributed by atoms with Gasteiger partial charge in [0, 0.05) is 13.1 Å². The van der Waals surface area contributed by atoms with Crippen molar-refractivity contribution in [1.82, 2.24) is 10.2 Å². The zero-order valence-electron chi connectivity index (χ0n) is 11.2. The first-order valence-corrected chi connectivity index (χ1v) is 7.12. The molecule has 0 amide bonds. The van der Waals surface area contributed by atoms with Gasteiger partial charge in [0.2, 0.25) is 0 Å². The fourth-order valence-corrected chi connectivity index (χ4v) is 2.71. The van der Waals surface area contributed by atoms with E-state index in [4.69, 9.17) is 0 Å². The van der Waals surface area contributed by atoms with Gasteiger partial charge in [-0.25, -0.2) is 0 Å². The van der Waals surface area contributed by atoms with Crippen LogP contribution in [0.5, 0.6) is 0 Å². The van der Waals surface area contributed by atoms with Gasteiger partial charge in [0.25, 0.3) is 0 Å². The third kappa shape index (κ3) is 3.20. The largest absolute Gasteiger partial charge is 0.300 e. The third-order valence-electron chi connectivity index (χ3n) is 4.10. The van der Waals surface area contributed by atoms with E-state index in [1.165, 1.54) is 32.2 Å². The smallest absolute Gasteiger partial charge is 0.122 e. The van der Waals surface area contributed by atoms with E-state index in [1.54, 1.807) is 0 Å². The third-order valence-corrected chi connectivity index (χ3v) is 4.10. The summed E-state index contributed by atoms with van der Waals surface area (Å²) in [6.45, 7) is 8.38. The molecule has 0 bridgehead atoms. The predicted octanol–water partition coefficient (Wildman–Crippen LogP) is 2.00. The second-order valence-corrected chi connectivity index (χ2v) is 5.66. The maximum Gasteiger partial charge on any atom is 0.122 e. The molecule has 2 aliphatic carbocycles. The molecule has 96 valence electrons. The minimum absolute atomic E-state index is 0.278. The van der Waals surface area contributed by atoms with Crippen LogP contribution in [0.15, 0.2) is 0 Å². The summed E-state index contributed by atoms with van der Waals surface area (Å²) in [4.78, 5) is 2.47. The van der Waals surface area contributed by atoms with Crippen LogP contribution in [0, 0.1) is 23.2 Å². The number of nitrogens with one attached hydrogen (secondary N) is 1. The number of hydrogen-bond donors (Lipinski definition) is 1. The molecule has 1 N–H and O–H groups in total. The van der Waals surface area contributed by atoms with E-state index in [-0.39, 0.29) is 5.54 Å². The molecule has 0 aromatic heterocycles. The molecule has 3 heteroatoms. The van der Waals surface area contributed by atoms with E-state index in [0.29, 0.717) is 5.92 Å². The van der Waals surface area contributed by atoms with E-state index in [9.17, 15) is 5.26 Å². The first kappa shape index (κ1) is 12.9. The quantitative estimate of drug-likeness (QED) is 0.699. The van der Waals surface area contributed by atoms with E-state index in [1.807, 2.05) is 0 Å². The molecule has 0 heterocycles. The summed E-state index contributed by atoms with van der Waals surface area (Å²) in [6, 6.07) is 2.58. The van der Waals surface area contributed by atoms with Crippen molar-refractivity contribution in [2.75, 3.05) is 26.2 Å². The lowest BCUT2D eigenvalue weighted by molar-refractivity contribution is 0.198. The van der Waals surface area contributed by atoms with Crippen molar-refractivity contribution < 1.29 is 0 Å². The Morgan fingerprint density at radius 2 is 2.00 bits per heavy atom. The van der Waals surface area contributed by atoms with Crippen molar-refractivity contribution in [2.24, 2.45) is 11.8 Å². The van der Waals surface area contributed by atoms with Gasteiger partial charge in [-0.1, -0.05) is 13.8 Å². The van der Waals surface area contributed by atoms with E-state index in [0.717, 1.165) is 25.6 Å². The van der Waals surface area contributed by atoms with Gasteiger partial charge < -0.3 is 4.90 Å². The highest BCUT2D eigenvalue weighted by Gasteiger charge is 2.46. The number of hydrogen-bond acceptors (Lipinski definition) is 3. The molecule has 1 unspecified atom stereocenters. The van der Waals surface area contributed by atoms with E-state index < -0.39 is 0 Å². The molecule has 1 atom stereocenters. The first-order chi connectivity index (χ1) is 8.24. The van der Waals surface area contributed by atoms with Crippen molar-refractivity contribution >= 4 is 0 Å². The van der Waals surface area contributed by atoms with Gasteiger partial charge in [0.05, 0.1) is 6.07 Å². The summed E-state index contributed by atoms with van der Waals surface area (Å²) in [7, 11) is 0. The number of likely N-dealkylation sites (N-methyl/N-ethyl adjacent to an activating group) is 2. The van der Waals surface area contributed by atoms with Crippen LogP contribution in [0.2, 0.25) is 0 Å². The van der Waals surface area contributed by atoms with E-state index >= 15 is 0 Å². The Bertz CT molecular complexity index is 288. The molecule has 0 saturated heterocycles. The van der Waals surface area contributed by atoms with Gasteiger partial charge in [-0.2, -0.15) is 5.26 Å². The fraction of sp³-hybridized carbons (Fsp3) is 0.929. The van der Waals surface area contributed by atoms with Crippen LogP contribution in [0.25, 0.3) is 0 Å². The first-order valence-electron chi connectivity index (χ1n) is 7.12. The van der Waals surface area contributed by atoms with Gasteiger partial charge in [-0.05, 0) is 50.6 Å². The highest BCUT2D eigenvalue weighted by molar-refractivity contribution is 5.16. The number of nitrogens with zero attached hydrogens (tertiary/aromatic N) is 2. The maximum absolute atomic E-state index is 9.57. The molecule has 0 aromatic carbocycles. The average Bonchev–Trinajstić information content (AvgIpc) is 3.17. The predicted molar refractivity (Wildman–Crippen MR) is 69.6 cm³/mol. The minimum atomic E-state index is -0.278. The van der Waals surface area contributed by atoms with Crippen LogP contribution in [0.1, 0.15) is 39.5 Å². The van der Waals surface area contributed by atoms with Gasteiger partial charge in [-0.3, -0.25) is 5.32 Å². The van der Waals surface area contributed by atoms with Crippen molar-refractivity contribution in [3.05, 3.63) is 0 Å². The lowest BCUT2D eigenvalue weighted by Gasteiger charge is -2.33. The average molecular weight is 235 g/mol. The number of rotatable bonds is 8. The molecule has 2 saturated carbocycles. The van der Waals surface area contributed by atoms with E-state index in [2.05, 4.69) is 30.1 Å². The highest BCUT2D eigenvalue weighted by atomic mass is 15.2. The van der Waals surface area contributed by atoms with Gasteiger partial charge in [0.1, 0.15) is 5.54 Å². The normalized spacial score (nSPS) is 23.4. The highest BCUT2D eigenvalue weighted by Crippen LogP contribution is 2.40. The minimum Gasteiger partial charge on any atom is -0.300 e. The van der Waals surface area contributed by atoms with Gasteiger partial charge in [-0.15, -0.1) is 0 Å². The van der Waals surface area contributed by atoms with Crippen LogP contribution in [0.3, 0.4) is 0 Å². The SMILES string of the molecule is CCNC(C#N)(CN(CC)CC1CC1)C1CC1. The Kier molecular flexibility index (Phi) is 4.06. The second kappa shape index (κ2) is 5.37. The Morgan fingerprint density at radius 1 is 1.29 bits per heavy atom. The van der Waals surface area contributed by atoms with Crippen LogP contribution in [-0.4, -0.2) is 36.6 Å². The molecular formula is C14H25N3. The van der Waals surface area contributed by atoms with Crippen molar-refractivity contribution in [1.29, 1.82) is 5.26 Å². The zero-order chi connectivity index (χ0) is 12.3. The second-order valence-electron chi connectivity index (χ2n) is 5.66. The molecule has 0 radical (unpaired) electrons. The standard InChI is InChI=1S/C14H25N3/c1-3-16-14(10-15,13-7-8-13)11-17(4-2)9-12-5-6-12/h12-13,16H,3-9,11H2,1-2H3. The van der Waals surface area contributed by atoms with Crippen LogP contribution < -0.4 is 5.32 Å². The lowest BCUT2D eigenvalue weighted by atomic mass is 9.94. The molecule has 0 aliphatic heterocycles. The summed E-state index contributed by atoms with van der Waals surface area (Å²) in [6.07, 6.45) is 5.23. The fourth-order valence-electron chi connectivity index (χ4n) is 2.71. The summed E-state index contributed by atoms with van der Waals surface area (Å²) < 4.78 is 0. The molecule has 2 fully saturated rings. The zero-order valence-corrected chi connectivity index (χ0v) is 11.2. The van der Waals surface area contributed by atoms with Crippen LogP contribution >= 0.6 is 0 Å². The van der Waals surface area contributed by atoms with Gasteiger partial charge >= 0.3 is 0 Å². The Morgan fingerprint density at radius 3 is 2.41 bits per heavy atom. The van der Waals surface area contributed by atoms with Crippen molar-refractivity contribution in [2.45, 2.75) is 45.1 Å². The summed E-state index contributed by atoms with van der Waals surface area (Å²) in [5, 5.41) is 13.0. The Labute approximate surface area is 105 Å². The molecule has 3 nitrogen and oxygen atoms in total. The monoisotopic (exact) mass is 235 g/mol. The summed E-state index contributed by atoms with van der Waals surface area (Å²) >= 11 is 0. The molecule has 0 aromatic rings. The Balaban J connectivity index is 1.96. The molecule has 2 rings (SSSR count). The molecular weight excluding hydrogens is 210 g/mol. The molecule has 0 spiro atoms. The summed E-state index contributed by atoms with van der Waals surface area (Å²) in [5.74, 6) is 1.49. The molecule has 2 aliphatic rings. The van der Waals surface area contributed by atoms with Gasteiger partial charge in [0.15, 0.2) is 0 Å². The summed E-state index contributed by atoms with van der Waals surface area (Å²) in [5.41, 5.74) is -0.278. The van der Waals surface area contributed by atoms with Crippen LogP contribution in [0.4, 0.5) is 0 Å². The lowest BCUT2D eigenvalue weighted by Crippen LogP contribution is -2.54. The topological polar surface area (TPSA) is 39.1 Å².